The van der Waals surface area contributed by atoms with Crippen molar-refractivity contribution in [2.24, 2.45) is 0 Å². The topological polar surface area (TPSA) is 57.0 Å². The molecule has 0 aromatic carbocycles. The summed E-state index contributed by atoms with van der Waals surface area (Å²) in [5.74, 6) is 0. The lowest BCUT2D eigenvalue weighted by Gasteiger charge is -2.01. The molecule has 14 heavy (non-hydrogen) atoms. The fraction of sp³-hybridized carbons (Fsp3) is 0.625. The molecule has 6 heteroatoms. The Hall–Kier alpha value is -0.500. The van der Waals surface area contributed by atoms with E-state index in [1.54, 1.807) is 10.9 Å². The van der Waals surface area contributed by atoms with Crippen LogP contribution >= 0.6 is 22.6 Å². The van der Waals surface area contributed by atoms with Crippen LogP contribution in [0.4, 0.5) is 0 Å². The summed E-state index contributed by atoms with van der Waals surface area (Å²) in [4.78, 5) is 10.3. The number of rotatable bonds is 7. The molecule has 1 aromatic rings. The predicted octanol–water partition coefficient (Wildman–Crippen LogP) is 0.932. The van der Waals surface area contributed by atoms with Gasteiger partial charge in [-0.1, -0.05) is 27.8 Å². The lowest BCUT2D eigenvalue weighted by atomic mass is 10.5. The molecular formula is C8H12IN3O2. The lowest BCUT2D eigenvalue weighted by molar-refractivity contribution is 0.111. The molecule has 0 unspecified atom stereocenters. The van der Waals surface area contributed by atoms with Crippen LogP contribution in [0.5, 0.6) is 0 Å². The number of aldehydes is 1. The molecule has 0 aliphatic heterocycles. The molecule has 0 saturated heterocycles. The summed E-state index contributed by atoms with van der Waals surface area (Å²) >= 11 is 2.31. The van der Waals surface area contributed by atoms with Gasteiger partial charge in [0, 0.05) is 11.0 Å². The van der Waals surface area contributed by atoms with E-state index in [2.05, 4.69) is 32.9 Å². The third kappa shape index (κ3) is 4.14. The number of alkyl halides is 1. The summed E-state index contributed by atoms with van der Waals surface area (Å²) in [6, 6.07) is 0. The summed E-state index contributed by atoms with van der Waals surface area (Å²) in [7, 11) is 0. The highest BCUT2D eigenvalue weighted by molar-refractivity contribution is 14.1. The Morgan fingerprint density at radius 2 is 2.43 bits per heavy atom. The van der Waals surface area contributed by atoms with Crippen molar-refractivity contribution >= 4 is 28.9 Å². The van der Waals surface area contributed by atoms with Gasteiger partial charge in [-0.25, -0.2) is 4.68 Å². The third-order valence-corrected chi connectivity index (χ3v) is 2.33. The average molecular weight is 309 g/mol. The van der Waals surface area contributed by atoms with Crippen molar-refractivity contribution in [3.05, 3.63) is 11.9 Å². The first-order chi connectivity index (χ1) is 6.86. The number of ether oxygens (including phenoxy) is 1. The van der Waals surface area contributed by atoms with E-state index >= 15 is 0 Å². The molecule has 0 aliphatic carbocycles. The fourth-order valence-electron chi connectivity index (χ4n) is 0.893. The zero-order chi connectivity index (χ0) is 10.2. The van der Waals surface area contributed by atoms with Crippen molar-refractivity contribution in [1.82, 2.24) is 15.0 Å². The van der Waals surface area contributed by atoms with Gasteiger partial charge in [0.2, 0.25) is 0 Å². The average Bonchev–Trinajstić information content (AvgIpc) is 2.65. The van der Waals surface area contributed by atoms with Crippen molar-refractivity contribution < 1.29 is 9.53 Å². The Morgan fingerprint density at radius 3 is 3.07 bits per heavy atom. The predicted molar refractivity (Wildman–Crippen MR) is 59.7 cm³/mol. The molecule has 0 aliphatic rings. The standard InChI is InChI=1S/C8H12IN3O2/c9-2-1-4-14-5-3-12-6-8(7-13)10-11-12/h6-7H,1-5H2. The number of carbonyl (C=O) groups is 1. The zero-order valence-corrected chi connectivity index (χ0v) is 9.88. The molecule has 0 atom stereocenters. The molecule has 1 heterocycles. The Labute approximate surface area is 96.0 Å². The molecule has 5 nitrogen and oxygen atoms in total. The quantitative estimate of drug-likeness (QED) is 0.325. The van der Waals surface area contributed by atoms with Crippen molar-refractivity contribution in [1.29, 1.82) is 0 Å². The van der Waals surface area contributed by atoms with Gasteiger partial charge < -0.3 is 4.74 Å². The number of hydrogen-bond donors (Lipinski definition) is 0. The highest BCUT2D eigenvalue weighted by Gasteiger charge is 1.97. The van der Waals surface area contributed by atoms with Crippen LogP contribution < -0.4 is 0 Å². The molecule has 1 rings (SSSR count). The van der Waals surface area contributed by atoms with E-state index in [0.29, 0.717) is 25.1 Å². The number of hydrogen-bond acceptors (Lipinski definition) is 4. The van der Waals surface area contributed by atoms with E-state index < -0.39 is 0 Å². The molecule has 78 valence electrons. The van der Waals surface area contributed by atoms with E-state index in [1.165, 1.54) is 0 Å². The monoisotopic (exact) mass is 309 g/mol. The third-order valence-electron chi connectivity index (χ3n) is 1.56. The second-order valence-corrected chi connectivity index (χ2v) is 3.76. The Kier molecular flexibility index (Phi) is 5.69. The van der Waals surface area contributed by atoms with Crippen LogP contribution in [0.3, 0.4) is 0 Å². The smallest absolute Gasteiger partial charge is 0.171 e. The summed E-state index contributed by atoms with van der Waals surface area (Å²) in [6.45, 7) is 2.03. The maximum Gasteiger partial charge on any atom is 0.171 e. The summed E-state index contributed by atoms with van der Waals surface area (Å²) in [5.41, 5.74) is 0.359. The van der Waals surface area contributed by atoms with Gasteiger partial charge in [0.15, 0.2) is 6.29 Å². The van der Waals surface area contributed by atoms with Gasteiger partial charge in [0.05, 0.1) is 19.3 Å². The first-order valence-corrected chi connectivity index (χ1v) is 5.88. The Bertz CT molecular complexity index is 277. The summed E-state index contributed by atoms with van der Waals surface area (Å²) in [5, 5.41) is 7.40. The van der Waals surface area contributed by atoms with Gasteiger partial charge in [-0.3, -0.25) is 4.79 Å². The van der Waals surface area contributed by atoms with E-state index in [4.69, 9.17) is 4.74 Å². The molecule has 0 amide bonds. The number of nitrogens with zero attached hydrogens (tertiary/aromatic N) is 3. The van der Waals surface area contributed by atoms with Gasteiger partial charge in [0.1, 0.15) is 5.69 Å². The summed E-state index contributed by atoms with van der Waals surface area (Å²) in [6.07, 6.45) is 3.35. The molecule has 0 N–H and O–H groups in total. The molecule has 0 radical (unpaired) electrons. The minimum absolute atomic E-state index is 0.359. The molecular weight excluding hydrogens is 297 g/mol. The summed E-state index contributed by atoms with van der Waals surface area (Å²) < 4.78 is 8.05. The van der Waals surface area contributed by atoms with Crippen LogP contribution in [0, 0.1) is 0 Å². The minimum Gasteiger partial charge on any atom is -0.379 e. The molecule has 1 aromatic heterocycles. The van der Waals surface area contributed by atoms with Crippen molar-refractivity contribution in [2.45, 2.75) is 13.0 Å². The van der Waals surface area contributed by atoms with Gasteiger partial charge in [-0.15, -0.1) is 5.10 Å². The first-order valence-electron chi connectivity index (χ1n) is 4.36. The van der Waals surface area contributed by atoms with Crippen LogP contribution in [0.2, 0.25) is 0 Å². The van der Waals surface area contributed by atoms with E-state index in [0.717, 1.165) is 17.5 Å². The van der Waals surface area contributed by atoms with Crippen LogP contribution in [-0.4, -0.2) is 38.9 Å². The Balaban J connectivity index is 2.14. The number of carbonyl (C=O) groups excluding carboxylic acids is 1. The molecule has 0 saturated carbocycles. The largest absolute Gasteiger partial charge is 0.379 e. The molecule has 0 bridgehead atoms. The maximum atomic E-state index is 10.3. The lowest BCUT2D eigenvalue weighted by Crippen LogP contribution is -2.07. The Morgan fingerprint density at radius 1 is 1.57 bits per heavy atom. The van der Waals surface area contributed by atoms with Gasteiger partial charge in [-0.2, -0.15) is 0 Å². The van der Waals surface area contributed by atoms with Gasteiger partial charge in [0.25, 0.3) is 0 Å². The van der Waals surface area contributed by atoms with E-state index in [-0.39, 0.29) is 0 Å². The highest BCUT2D eigenvalue weighted by Crippen LogP contribution is 1.91. The first kappa shape index (κ1) is 11.6. The SMILES string of the molecule is O=Cc1cn(CCOCCCI)nn1. The van der Waals surface area contributed by atoms with Gasteiger partial charge >= 0.3 is 0 Å². The van der Waals surface area contributed by atoms with Crippen LogP contribution in [0.25, 0.3) is 0 Å². The second-order valence-electron chi connectivity index (χ2n) is 2.68. The fourth-order valence-corrected chi connectivity index (χ4v) is 1.20. The van der Waals surface area contributed by atoms with Crippen molar-refractivity contribution in [2.75, 3.05) is 17.6 Å². The van der Waals surface area contributed by atoms with E-state index in [1.807, 2.05) is 0 Å². The number of aromatic nitrogens is 3. The minimum atomic E-state index is 0.359. The second kappa shape index (κ2) is 6.88. The zero-order valence-electron chi connectivity index (χ0n) is 7.73. The van der Waals surface area contributed by atoms with Crippen molar-refractivity contribution in [3.8, 4) is 0 Å². The van der Waals surface area contributed by atoms with Crippen LogP contribution in [0.15, 0.2) is 6.20 Å². The maximum absolute atomic E-state index is 10.3. The molecule has 0 spiro atoms. The van der Waals surface area contributed by atoms with Gasteiger partial charge in [-0.05, 0) is 6.42 Å². The molecule has 0 fully saturated rings. The van der Waals surface area contributed by atoms with Crippen LogP contribution in [-0.2, 0) is 11.3 Å². The highest BCUT2D eigenvalue weighted by atomic mass is 127. The van der Waals surface area contributed by atoms with Crippen LogP contribution in [0.1, 0.15) is 16.9 Å². The normalized spacial score (nSPS) is 10.4. The van der Waals surface area contributed by atoms with Crippen molar-refractivity contribution in [3.63, 3.8) is 0 Å². The van der Waals surface area contributed by atoms with E-state index in [9.17, 15) is 4.79 Å². The number of halogens is 1.